The number of benzene rings is 1. The first-order chi connectivity index (χ1) is 13.0. The van der Waals surface area contributed by atoms with E-state index in [0.717, 1.165) is 24.1 Å². The number of ketones is 1. The van der Waals surface area contributed by atoms with Gasteiger partial charge >= 0.3 is 0 Å². The van der Waals surface area contributed by atoms with E-state index in [1.807, 2.05) is 49.3 Å². The summed E-state index contributed by atoms with van der Waals surface area (Å²) >= 11 is 0. The minimum absolute atomic E-state index is 0.116. The summed E-state index contributed by atoms with van der Waals surface area (Å²) in [5, 5.41) is 4.31. The molecular formula is C21H25N3O3. The van der Waals surface area contributed by atoms with Gasteiger partial charge in [-0.3, -0.25) is 14.3 Å². The van der Waals surface area contributed by atoms with E-state index < -0.39 is 5.60 Å². The fourth-order valence-electron chi connectivity index (χ4n) is 4.24. The van der Waals surface area contributed by atoms with E-state index in [9.17, 15) is 9.59 Å². The lowest BCUT2D eigenvalue weighted by molar-refractivity contribution is -0.130. The minimum Gasteiger partial charge on any atom is -0.486 e. The number of nitrogens with zero attached hydrogens (tertiary/aromatic N) is 3. The van der Waals surface area contributed by atoms with Crippen molar-refractivity contribution in [2.75, 3.05) is 13.1 Å². The number of hydrogen-bond acceptors (Lipinski definition) is 4. The Kier molecular flexibility index (Phi) is 4.50. The molecule has 2 aliphatic heterocycles. The Balaban J connectivity index is 1.46. The number of Topliss-reactive ketones (excluding diaryl/α,β-unsaturated/α-hetero) is 1. The van der Waals surface area contributed by atoms with Crippen LogP contribution in [0.1, 0.15) is 47.3 Å². The molecule has 2 aromatic rings. The fraction of sp³-hybridized carbons (Fsp3) is 0.476. The van der Waals surface area contributed by atoms with E-state index >= 15 is 0 Å². The highest BCUT2D eigenvalue weighted by Crippen LogP contribution is 2.39. The molecular weight excluding hydrogens is 342 g/mol. The normalized spacial score (nSPS) is 22.3. The van der Waals surface area contributed by atoms with Gasteiger partial charge in [-0.1, -0.05) is 12.1 Å². The van der Waals surface area contributed by atoms with Gasteiger partial charge in [-0.15, -0.1) is 0 Å². The number of likely N-dealkylation sites (tertiary alicyclic amines) is 1. The topological polar surface area (TPSA) is 64.4 Å². The number of ether oxygens (including phenoxy) is 1. The highest BCUT2D eigenvalue weighted by molar-refractivity contribution is 6.00. The number of carbonyl (C=O) groups is 2. The Morgan fingerprint density at radius 1 is 1.26 bits per heavy atom. The zero-order valence-corrected chi connectivity index (χ0v) is 15.9. The van der Waals surface area contributed by atoms with Crippen LogP contribution < -0.4 is 4.74 Å². The molecule has 1 unspecified atom stereocenters. The minimum atomic E-state index is -0.481. The van der Waals surface area contributed by atoms with Crippen LogP contribution in [0.5, 0.6) is 5.75 Å². The Labute approximate surface area is 159 Å². The van der Waals surface area contributed by atoms with Crippen LogP contribution in [-0.4, -0.2) is 45.1 Å². The summed E-state index contributed by atoms with van der Waals surface area (Å²) in [7, 11) is 1.87. The maximum absolute atomic E-state index is 12.8. The molecule has 0 bridgehead atoms. The highest BCUT2D eigenvalue weighted by atomic mass is 16.5. The standard InChI is InChI=1S/C21H25N3O3/c1-15-16(14-23(2)22-15)12-20(26)24-10-5-8-21(9-11-24)13-18(25)17-6-3-4-7-19(17)27-21/h3-4,6-7,14H,5,8-13H2,1-2H3. The van der Waals surface area contributed by atoms with Gasteiger partial charge in [-0.25, -0.2) is 0 Å². The third kappa shape index (κ3) is 3.48. The second-order valence-electron chi connectivity index (χ2n) is 7.71. The number of carbonyl (C=O) groups excluding carboxylic acids is 2. The van der Waals surface area contributed by atoms with Gasteiger partial charge in [0.1, 0.15) is 11.4 Å². The van der Waals surface area contributed by atoms with Crippen LogP contribution in [0.3, 0.4) is 0 Å². The molecule has 0 saturated carbocycles. The van der Waals surface area contributed by atoms with E-state index in [2.05, 4.69) is 5.10 Å². The molecule has 1 spiro atoms. The summed E-state index contributed by atoms with van der Waals surface area (Å²) in [6.07, 6.45) is 5.00. The number of fused-ring (bicyclic) bond motifs is 1. The van der Waals surface area contributed by atoms with Gasteiger partial charge in [-0.2, -0.15) is 5.10 Å². The second-order valence-corrected chi connectivity index (χ2v) is 7.71. The Morgan fingerprint density at radius 3 is 2.85 bits per heavy atom. The lowest BCUT2D eigenvalue weighted by atomic mass is 9.84. The Bertz CT molecular complexity index is 889. The lowest BCUT2D eigenvalue weighted by Gasteiger charge is -2.37. The first-order valence-electron chi connectivity index (χ1n) is 9.54. The molecule has 6 heteroatoms. The Hall–Kier alpha value is -2.63. The predicted molar refractivity (Wildman–Crippen MR) is 101 cm³/mol. The van der Waals surface area contributed by atoms with Gasteiger partial charge in [0.2, 0.25) is 5.91 Å². The first-order valence-corrected chi connectivity index (χ1v) is 9.54. The highest BCUT2D eigenvalue weighted by Gasteiger charge is 2.41. The van der Waals surface area contributed by atoms with Gasteiger partial charge in [0.15, 0.2) is 5.78 Å². The van der Waals surface area contributed by atoms with E-state index in [-0.39, 0.29) is 11.7 Å². The molecule has 1 fully saturated rings. The molecule has 1 aromatic carbocycles. The average Bonchev–Trinajstić information content (AvgIpc) is 2.82. The lowest BCUT2D eigenvalue weighted by Crippen LogP contribution is -2.43. The van der Waals surface area contributed by atoms with Crippen LogP contribution >= 0.6 is 0 Å². The van der Waals surface area contributed by atoms with Gasteiger partial charge in [0.25, 0.3) is 0 Å². The molecule has 6 nitrogen and oxygen atoms in total. The van der Waals surface area contributed by atoms with Crippen LogP contribution in [0.15, 0.2) is 30.5 Å². The number of para-hydroxylation sites is 1. The van der Waals surface area contributed by atoms with Crippen LogP contribution in [-0.2, 0) is 18.3 Å². The molecule has 1 atom stereocenters. The summed E-state index contributed by atoms with van der Waals surface area (Å²) in [5.74, 6) is 0.938. The van der Waals surface area contributed by atoms with Crippen molar-refractivity contribution < 1.29 is 14.3 Å². The van der Waals surface area contributed by atoms with Crippen molar-refractivity contribution in [2.24, 2.45) is 7.05 Å². The van der Waals surface area contributed by atoms with Crippen LogP contribution in [0.2, 0.25) is 0 Å². The van der Waals surface area contributed by atoms with Crippen molar-refractivity contribution in [1.29, 1.82) is 0 Å². The van der Waals surface area contributed by atoms with Crippen molar-refractivity contribution in [3.63, 3.8) is 0 Å². The summed E-state index contributed by atoms with van der Waals surface area (Å²) in [4.78, 5) is 27.3. The van der Waals surface area contributed by atoms with Crippen molar-refractivity contribution in [3.8, 4) is 5.75 Å². The summed E-state index contributed by atoms with van der Waals surface area (Å²) in [5.41, 5.74) is 2.06. The molecule has 1 aromatic heterocycles. The maximum Gasteiger partial charge on any atom is 0.227 e. The van der Waals surface area contributed by atoms with Crippen LogP contribution in [0.25, 0.3) is 0 Å². The molecule has 142 valence electrons. The van der Waals surface area contributed by atoms with Crippen molar-refractivity contribution in [1.82, 2.24) is 14.7 Å². The number of aryl methyl sites for hydroxylation is 2. The molecule has 0 N–H and O–H groups in total. The van der Waals surface area contributed by atoms with Crippen molar-refractivity contribution in [2.45, 2.75) is 44.6 Å². The quantitative estimate of drug-likeness (QED) is 0.819. The number of hydrogen-bond donors (Lipinski definition) is 0. The predicted octanol–water partition coefficient (Wildman–Crippen LogP) is 2.69. The molecule has 1 amide bonds. The molecule has 27 heavy (non-hydrogen) atoms. The van der Waals surface area contributed by atoms with Crippen molar-refractivity contribution >= 4 is 11.7 Å². The monoisotopic (exact) mass is 367 g/mol. The summed E-state index contributed by atoms with van der Waals surface area (Å²) in [6, 6.07) is 7.46. The zero-order chi connectivity index (χ0) is 19.0. The second kappa shape index (κ2) is 6.83. The van der Waals surface area contributed by atoms with Gasteiger partial charge in [0, 0.05) is 38.3 Å². The van der Waals surface area contributed by atoms with E-state index in [1.165, 1.54) is 0 Å². The molecule has 0 radical (unpaired) electrons. The van der Waals surface area contributed by atoms with Crippen LogP contribution in [0.4, 0.5) is 0 Å². The molecule has 2 aliphatic rings. The maximum atomic E-state index is 12.8. The Morgan fingerprint density at radius 2 is 2.07 bits per heavy atom. The smallest absolute Gasteiger partial charge is 0.227 e. The average molecular weight is 367 g/mol. The summed E-state index contributed by atoms with van der Waals surface area (Å²) < 4.78 is 8.05. The number of aromatic nitrogens is 2. The molecule has 0 aliphatic carbocycles. The third-order valence-electron chi connectivity index (χ3n) is 5.70. The third-order valence-corrected chi connectivity index (χ3v) is 5.70. The van der Waals surface area contributed by atoms with E-state index in [1.54, 1.807) is 4.68 Å². The fourth-order valence-corrected chi connectivity index (χ4v) is 4.24. The molecule has 1 saturated heterocycles. The summed E-state index contributed by atoms with van der Waals surface area (Å²) in [6.45, 7) is 3.26. The van der Waals surface area contributed by atoms with Gasteiger partial charge < -0.3 is 9.64 Å². The zero-order valence-electron chi connectivity index (χ0n) is 15.9. The SMILES string of the molecule is Cc1nn(C)cc1CC(=O)N1CCCC2(CC1)CC(=O)c1ccccc1O2. The van der Waals surface area contributed by atoms with E-state index in [4.69, 9.17) is 4.74 Å². The van der Waals surface area contributed by atoms with E-state index in [0.29, 0.717) is 43.7 Å². The number of amides is 1. The van der Waals surface area contributed by atoms with Gasteiger partial charge in [-0.05, 0) is 31.9 Å². The van der Waals surface area contributed by atoms with Crippen LogP contribution in [0, 0.1) is 6.92 Å². The van der Waals surface area contributed by atoms with Gasteiger partial charge in [0.05, 0.1) is 24.1 Å². The largest absolute Gasteiger partial charge is 0.486 e. The number of rotatable bonds is 2. The molecule has 3 heterocycles. The van der Waals surface area contributed by atoms with Crippen molar-refractivity contribution in [3.05, 3.63) is 47.3 Å². The molecule has 4 rings (SSSR count). The first kappa shape index (κ1) is 17.8.